The van der Waals surface area contributed by atoms with Gasteiger partial charge < -0.3 is 5.32 Å². The molecule has 2 heteroatoms. The lowest BCUT2D eigenvalue weighted by Gasteiger charge is -2.44. The summed E-state index contributed by atoms with van der Waals surface area (Å²) in [6.45, 7) is 3.28. The highest BCUT2D eigenvalue weighted by molar-refractivity contribution is 5.22. The summed E-state index contributed by atoms with van der Waals surface area (Å²) in [5, 5.41) is 3.91. The third-order valence-corrected chi connectivity index (χ3v) is 6.08. The molecule has 0 radical (unpaired) electrons. The first-order valence-corrected chi connectivity index (χ1v) is 9.96. The van der Waals surface area contributed by atoms with Gasteiger partial charge in [-0.2, -0.15) is 0 Å². The summed E-state index contributed by atoms with van der Waals surface area (Å²) in [6.07, 6.45) is 7.09. The SMILES string of the molecule is c1ccc(CN2CC(C3CCCCC3)NCC2c2ccccc2)cc1. The molecular weight excluding hydrogens is 304 g/mol. The van der Waals surface area contributed by atoms with E-state index in [2.05, 4.69) is 70.9 Å². The summed E-state index contributed by atoms with van der Waals surface area (Å²) in [7, 11) is 0. The maximum Gasteiger partial charge on any atom is 0.0476 e. The average Bonchev–Trinajstić information content (AvgIpc) is 2.70. The second kappa shape index (κ2) is 8.16. The van der Waals surface area contributed by atoms with Crippen molar-refractivity contribution in [2.75, 3.05) is 13.1 Å². The second-order valence-corrected chi connectivity index (χ2v) is 7.75. The highest BCUT2D eigenvalue weighted by atomic mass is 15.2. The Morgan fingerprint density at radius 3 is 2.24 bits per heavy atom. The van der Waals surface area contributed by atoms with E-state index in [1.807, 2.05) is 0 Å². The molecule has 1 saturated carbocycles. The van der Waals surface area contributed by atoms with Gasteiger partial charge in [0.05, 0.1) is 0 Å². The predicted molar refractivity (Wildman–Crippen MR) is 104 cm³/mol. The molecule has 1 aliphatic carbocycles. The maximum atomic E-state index is 3.91. The Balaban J connectivity index is 1.52. The predicted octanol–water partition coefficient (Wildman–Crippen LogP) is 4.78. The molecule has 1 saturated heterocycles. The lowest BCUT2D eigenvalue weighted by molar-refractivity contribution is 0.0893. The van der Waals surface area contributed by atoms with Crippen molar-refractivity contribution in [1.82, 2.24) is 10.2 Å². The highest BCUT2D eigenvalue weighted by Gasteiger charge is 2.33. The van der Waals surface area contributed by atoms with Gasteiger partial charge in [-0.25, -0.2) is 0 Å². The van der Waals surface area contributed by atoms with Crippen molar-refractivity contribution in [3.05, 3.63) is 71.8 Å². The minimum atomic E-state index is 0.473. The van der Waals surface area contributed by atoms with E-state index < -0.39 is 0 Å². The molecule has 2 fully saturated rings. The van der Waals surface area contributed by atoms with Crippen LogP contribution in [0.1, 0.15) is 49.3 Å². The van der Waals surface area contributed by atoms with Crippen LogP contribution in [0.3, 0.4) is 0 Å². The summed E-state index contributed by atoms with van der Waals surface area (Å²) in [6, 6.07) is 23.1. The van der Waals surface area contributed by atoms with Crippen LogP contribution in [-0.4, -0.2) is 24.0 Å². The van der Waals surface area contributed by atoms with Gasteiger partial charge in [-0.1, -0.05) is 79.9 Å². The highest BCUT2D eigenvalue weighted by Crippen LogP contribution is 2.32. The van der Waals surface area contributed by atoms with Crippen molar-refractivity contribution < 1.29 is 0 Å². The molecule has 4 rings (SSSR count). The van der Waals surface area contributed by atoms with Crippen LogP contribution in [0.25, 0.3) is 0 Å². The second-order valence-electron chi connectivity index (χ2n) is 7.75. The van der Waals surface area contributed by atoms with Crippen molar-refractivity contribution in [2.45, 2.75) is 50.7 Å². The summed E-state index contributed by atoms with van der Waals surface area (Å²) in [5.74, 6) is 0.865. The maximum absolute atomic E-state index is 3.91. The van der Waals surface area contributed by atoms with E-state index in [-0.39, 0.29) is 0 Å². The molecule has 1 aliphatic heterocycles. The molecule has 132 valence electrons. The van der Waals surface area contributed by atoms with Crippen molar-refractivity contribution in [3.63, 3.8) is 0 Å². The van der Waals surface area contributed by atoms with Crippen LogP contribution in [0.15, 0.2) is 60.7 Å². The molecule has 1 heterocycles. The Morgan fingerprint density at radius 1 is 0.840 bits per heavy atom. The zero-order valence-corrected chi connectivity index (χ0v) is 15.1. The van der Waals surface area contributed by atoms with Gasteiger partial charge in [-0.05, 0) is 29.9 Å². The summed E-state index contributed by atoms with van der Waals surface area (Å²) < 4.78 is 0. The lowest BCUT2D eigenvalue weighted by atomic mass is 9.82. The average molecular weight is 335 g/mol. The fraction of sp³-hybridized carbons (Fsp3) is 0.478. The van der Waals surface area contributed by atoms with Gasteiger partial charge in [-0.15, -0.1) is 0 Å². The summed E-state index contributed by atoms with van der Waals surface area (Å²) in [4.78, 5) is 2.71. The Hall–Kier alpha value is -1.64. The molecule has 0 aromatic heterocycles. The molecule has 2 unspecified atom stereocenters. The van der Waals surface area contributed by atoms with Crippen LogP contribution in [0, 0.1) is 5.92 Å². The van der Waals surface area contributed by atoms with Gasteiger partial charge in [0.2, 0.25) is 0 Å². The molecule has 0 spiro atoms. The first kappa shape index (κ1) is 16.8. The van der Waals surface area contributed by atoms with Crippen molar-refractivity contribution in [1.29, 1.82) is 0 Å². The monoisotopic (exact) mass is 334 g/mol. The molecule has 0 amide bonds. The smallest absolute Gasteiger partial charge is 0.0476 e. The number of nitrogens with one attached hydrogen (secondary N) is 1. The van der Waals surface area contributed by atoms with E-state index in [4.69, 9.17) is 0 Å². The third-order valence-electron chi connectivity index (χ3n) is 6.08. The van der Waals surface area contributed by atoms with Gasteiger partial charge in [0.15, 0.2) is 0 Å². The minimum absolute atomic E-state index is 0.473. The number of piperazine rings is 1. The zero-order chi connectivity index (χ0) is 16.9. The van der Waals surface area contributed by atoms with Gasteiger partial charge in [0, 0.05) is 31.7 Å². The van der Waals surface area contributed by atoms with Crippen LogP contribution < -0.4 is 5.32 Å². The fourth-order valence-electron chi connectivity index (χ4n) is 4.69. The number of rotatable bonds is 4. The number of hydrogen-bond acceptors (Lipinski definition) is 2. The number of benzene rings is 2. The van der Waals surface area contributed by atoms with E-state index in [1.165, 1.54) is 49.8 Å². The Labute approximate surface area is 152 Å². The topological polar surface area (TPSA) is 15.3 Å². The van der Waals surface area contributed by atoms with E-state index in [9.17, 15) is 0 Å². The first-order chi connectivity index (χ1) is 12.4. The molecule has 2 aromatic carbocycles. The van der Waals surface area contributed by atoms with Gasteiger partial charge >= 0.3 is 0 Å². The largest absolute Gasteiger partial charge is 0.311 e. The molecule has 2 atom stereocenters. The number of hydrogen-bond donors (Lipinski definition) is 1. The zero-order valence-electron chi connectivity index (χ0n) is 15.1. The normalized spacial score (nSPS) is 25.8. The van der Waals surface area contributed by atoms with Crippen molar-refractivity contribution in [2.24, 2.45) is 5.92 Å². The van der Waals surface area contributed by atoms with Gasteiger partial charge in [0.25, 0.3) is 0 Å². The Bertz CT molecular complexity index is 634. The van der Waals surface area contributed by atoms with E-state index in [0.717, 1.165) is 19.0 Å². The molecule has 2 nitrogen and oxygen atoms in total. The van der Waals surface area contributed by atoms with Crippen molar-refractivity contribution >= 4 is 0 Å². The summed E-state index contributed by atoms with van der Waals surface area (Å²) in [5.41, 5.74) is 2.86. The van der Waals surface area contributed by atoms with Crippen LogP contribution in [0.5, 0.6) is 0 Å². The Morgan fingerprint density at radius 2 is 1.52 bits per heavy atom. The quantitative estimate of drug-likeness (QED) is 0.865. The molecule has 0 bridgehead atoms. The van der Waals surface area contributed by atoms with E-state index in [0.29, 0.717) is 12.1 Å². The molecule has 25 heavy (non-hydrogen) atoms. The van der Waals surface area contributed by atoms with E-state index >= 15 is 0 Å². The van der Waals surface area contributed by atoms with Crippen LogP contribution >= 0.6 is 0 Å². The molecule has 2 aliphatic rings. The Kier molecular flexibility index (Phi) is 5.49. The van der Waals surface area contributed by atoms with Gasteiger partial charge in [-0.3, -0.25) is 4.90 Å². The lowest BCUT2D eigenvalue weighted by Crippen LogP contribution is -2.55. The van der Waals surface area contributed by atoms with Gasteiger partial charge in [0.1, 0.15) is 0 Å². The third kappa shape index (κ3) is 4.13. The van der Waals surface area contributed by atoms with Crippen LogP contribution in [0.4, 0.5) is 0 Å². The van der Waals surface area contributed by atoms with Crippen LogP contribution in [-0.2, 0) is 6.54 Å². The number of nitrogens with zero attached hydrogens (tertiary/aromatic N) is 1. The van der Waals surface area contributed by atoms with Crippen molar-refractivity contribution in [3.8, 4) is 0 Å². The minimum Gasteiger partial charge on any atom is -0.311 e. The molecule has 1 N–H and O–H groups in total. The molecular formula is C23H30N2. The fourth-order valence-corrected chi connectivity index (χ4v) is 4.69. The van der Waals surface area contributed by atoms with Crippen LogP contribution in [0.2, 0.25) is 0 Å². The standard InChI is InChI=1S/C23H30N2/c1-4-10-19(11-5-1)17-25-18-22(20-12-6-2-7-13-20)24-16-23(25)21-14-8-3-9-15-21/h1,3-5,8-11,14-15,20,22-24H,2,6-7,12-13,16-18H2. The summed E-state index contributed by atoms with van der Waals surface area (Å²) >= 11 is 0. The van der Waals surface area contributed by atoms with E-state index in [1.54, 1.807) is 0 Å². The molecule has 2 aromatic rings. The first-order valence-electron chi connectivity index (χ1n) is 9.96.